The van der Waals surface area contributed by atoms with Gasteiger partial charge in [-0.05, 0) is 28.3 Å². The van der Waals surface area contributed by atoms with E-state index in [1.165, 1.54) is 26.6 Å². The molecule has 1 aromatic heterocycles. The molecule has 0 fully saturated rings. The minimum atomic E-state index is 0.978. The van der Waals surface area contributed by atoms with Gasteiger partial charge in [0.2, 0.25) is 0 Å². The minimum absolute atomic E-state index is 0.978. The summed E-state index contributed by atoms with van der Waals surface area (Å²) in [4.78, 5) is 4.59. The molecule has 0 atom stereocenters. The van der Waals surface area contributed by atoms with Crippen molar-refractivity contribution in [1.29, 1.82) is 0 Å². The second-order valence-electron chi connectivity index (χ2n) is 4.81. The van der Waals surface area contributed by atoms with Crippen LogP contribution in [-0.2, 0) is 0 Å². The predicted octanol–water partition coefficient (Wildman–Crippen LogP) is 4.96. The first kappa shape index (κ1) is 17.0. The zero-order chi connectivity index (χ0) is 16.7. The van der Waals surface area contributed by atoms with Gasteiger partial charge in [0.15, 0.2) is 0 Å². The van der Waals surface area contributed by atoms with E-state index in [2.05, 4.69) is 59.6 Å². The van der Waals surface area contributed by atoms with Gasteiger partial charge in [0.25, 0.3) is 0 Å². The van der Waals surface area contributed by atoms with Gasteiger partial charge >= 0.3 is 0 Å². The molecule has 1 nitrogen and oxygen atoms in total. The number of aromatic nitrogens is 1. The van der Waals surface area contributed by atoms with Crippen molar-refractivity contribution in [2.45, 2.75) is 34.1 Å². The molecule has 118 valence electrons. The van der Waals surface area contributed by atoms with Crippen LogP contribution in [-0.4, -0.2) is 4.98 Å². The highest BCUT2D eigenvalue weighted by Gasteiger charge is 2.05. The van der Waals surface area contributed by atoms with Crippen molar-refractivity contribution >= 4 is 33.8 Å². The van der Waals surface area contributed by atoms with Crippen LogP contribution in [0, 0.1) is 0 Å². The fourth-order valence-corrected chi connectivity index (χ4v) is 2.88. The predicted molar refractivity (Wildman–Crippen MR) is 104 cm³/mol. The quantitative estimate of drug-likeness (QED) is 0.535. The molecule has 0 amide bonds. The third kappa shape index (κ3) is 3.19. The average molecular weight is 303 g/mol. The van der Waals surface area contributed by atoms with E-state index in [0.29, 0.717) is 0 Å². The summed E-state index contributed by atoms with van der Waals surface area (Å²) in [6.07, 6.45) is 11.7. The number of hydrogen-bond donors (Lipinski definition) is 0. The topological polar surface area (TPSA) is 12.9 Å². The van der Waals surface area contributed by atoms with Gasteiger partial charge in [0.05, 0.1) is 5.52 Å². The van der Waals surface area contributed by atoms with E-state index in [4.69, 9.17) is 0 Å². The van der Waals surface area contributed by atoms with Crippen LogP contribution >= 0.6 is 0 Å². The molecular formula is C22H25N. The van der Waals surface area contributed by atoms with Crippen molar-refractivity contribution in [3.05, 3.63) is 65.2 Å². The van der Waals surface area contributed by atoms with Gasteiger partial charge in [0, 0.05) is 17.0 Å². The molecule has 0 radical (unpaired) electrons. The fraction of sp³-hybridized carbons (Fsp3) is 0.227. The third-order valence-corrected chi connectivity index (χ3v) is 3.72. The lowest BCUT2D eigenvalue weighted by Crippen LogP contribution is -2.26. The molecule has 0 unspecified atom stereocenters. The number of rotatable bonds is 0. The van der Waals surface area contributed by atoms with E-state index in [0.717, 1.165) is 11.9 Å². The normalized spacial score (nSPS) is 11.8. The van der Waals surface area contributed by atoms with Gasteiger partial charge in [0.1, 0.15) is 0 Å². The zero-order valence-electron chi connectivity index (χ0n) is 14.5. The van der Waals surface area contributed by atoms with Crippen molar-refractivity contribution in [2.24, 2.45) is 0 Å². The van der Waals surface area contributed by atoms with E-state index in [1.807, 2.05) is 40.0 Å². The van der Waals surface area contributed by atoms with Crippen molar-refractivity contribution in [3.8, 4) is 0 Å². The van der Waals surface area contributed by atoms with E-state index in [1.54, 1.807) is 0 Å². The van der Waals surface area contributed by atoms with Crippen molar-refractivity contribution < 1.29 is 0 Å². The maximum atomic E-state index is 4.59. The Hall–Kier alpha value is -2.41. The number of pyridine rings is 1. The third-order valence-electron chi connectivity index (χ3n) is 3.72. The van der Waals surface area contributed by atoms with E-state index in [9.17, 15) is 0 Å². The summed E-state index contributed by atoms with van der Waals surface area (Å²) in [5.74, 6) is 0. The SMILES string of the molecule is C1=CCC=c2c(c3ccccc3c3ncccc23)=C1.CC.CC. The lowest BCUT2D eigenvalue weighted by molar-refractivity contribution is 1.41. The van der Waals surface area contributed by atoms with Crippen LogP contribution in [0.4, 0.5) is 0 Å². The number of fused-ring (bicyclic) bond motifs is 6. The molecule has 1 aliphatic carbocycles. The highest BCUT2D eigenvalue weighted by Crippen LogP contribution is 2.18. The summed E-state index contributed by atoms with van der Waals surface area (Å²) in [6.45, 7) is 8.00. The van der Waals surface area contributed by atoms with Crippen LogP contribution in [0.25, 0.3) is 33.8 Å². The van der Waals surface area contributed by atoms with Crippen molar-refractivity contribution in [3.63, 3.8) is 0 Å². The molecule has 0 bridgehead atoms. The molecule has 4 rings (SSSR count). The summed E-state index contributed by atoms with van der Waals surface area (Å²) in [7, 11) is 0. The number of hydrogen-bond acceptors (Lipinski definition) is 1. The van der Waals surface area contributed by atoms with Gasteiger partial charge in [-0.1, -0.05) is 82.3 Å². The van der Waals surface area contributed by atoms with Crippen molar-refractivity contribution in [2.75, 3.05) is 0 Å². The average Bonchev–Trinajstić information content (AvgIpc) is 2.92. The van der Waals surface area contributed by atoms with Gasteiger partial charge < -0.3 is 0 Å². The Labute approximate surface area is 138 Å². The van der Waals surface area contributed by atoms with Crippen LogP contribution in [0.15, 0.2) is 54.7 Å². The Morgan fingerprint density at radius 3 is 2.26 bits per heavy atom. The second-order valence-corrected chi connectivity index (χ2v) is 4.81. The monoisotopic (exact) mass is 303 g/mol. The van der Waals surface area contributed by atoms with Crippen LogP contribution in [0.5, 0.6) is 0 Å². The van der Waals surface area contributed by atoms with Crippen LogP contribution in [0.3, 0.4) is 0 Å². The summed E-state index contributed by atoms with van der Waals surface area (Å²) >= 11 is 0. The maximum Gasteiger partial charge on any atom is 0.0786 e. The molecule has 23 heavy (non-hydrogen) atoms. The molecule has 0 N–H and O–H groups in total. The van der Waals surface area contributed by atoms with Gasteiger partial charge in [-0.2, -0.15) is 0 Å². The first-order valence-electron chi connectivity index (χ1n) is 8.58. The van der Waals surface area contributed by atoms with Crippen LogP contribution in [0.1, 0.15) is 34.1 Å². The summed E-state index contributed by atoms with van der Waals surface area (Å²) in [5.41, 5.74) is 1.10. The van der Waals surface area contributed by atoms with E-state index >= 15 is 0 Å². The Bertz CT molecular complexity index is 933. The minimum Gasteiger partial charge on any atom is -0.256 e. The number of nitrogens with zero attached hydrogens (tertiary/aromatic N) is 1. The molecule has 0 saturated heterocycles. The van der Waals surface area contributed by atoms with Crippen molar-refractivity contribution in [1.82, 2.24) is 4.98 Å². The smallest absolute Gasteiger partial charge is 0.0786 e. The van der Waals surface area contributed by atoms with E-state index in [-0.39, 0.29) is 0 Å². The molecular weight excluding hydrogens is 278 g/mol. The fourth-order valence-electron chi connectivity index (χ4n) is 2.88. The van der Waals surface area contributed by atoms with Crippen LogP contribution in [0.2, 0.25) is 0 Å². The Morgan fingerprint density at radius 1 is 0.783 bits per heavy atom. The molecule has 1 aliphatic rings. The first-order valence-corrected chi connectivity index (χ1v) is 8.58. The number of allylic oxidation sites excluding steroid dienone is 2. The Kier molecular flexibility index (Phi) is 6.10. The van der Waals surface area contributed by atoms with Gasteiger partial charge in [-0.3, -0.25) is 4.98 Å². The lowest BCUT2D eigenvalue weighted by Gasteiger charge is -2.05. The second kappa shape index (κ2) is 8.28. The first-order chi connectivity index (χ1) is 11.4. The van der Waals surface area contributed by atoms with Gasteiger partial charge in [-0.25, -0.2) is 0 Å². The molecule has 0 aliphatic heterocycles. The Balaban J connectivity index is 0.000000448. The molecule has 1 heterocycles. The summed E-state index contributed by atoms with van der Waals surface area (Å²) < 4.78 is 0. The summed E-state index contributed by atoms with van der Waals surface area (Å²) in [5, 5.41) is 6.39. The zero-order valence-corrected chi connectivity index (χ0v) is 14.5. The maximum absolute atomic E-state index is 4.59. The summed E-state index contributed by atoms with van der Waals surface area (Å²) in [6, 6.07) is 12.7. The van der Waals surface area contributed by atoms with E-state index < -0.39 is 0 Å². The van der Waals surface area contributed by atoms with Crippen LogP contribution < -0.4 is 10.4 Å². The largest absolute Gasteiger partial charge is 0.256 e. The highest BCUT2D eigenvalue weighted by atomic mass is 14.6. The number of benzene rings is 2. The lowest BCUT2D eigenvalue weighted by atomic mass is 10.0. The standard InChI is InChI=1S/C18H13N.2C2H6/c1-2-7-13-14(8-3-1)17-11-6-12-19-18(17)16-10-5-4-9-15(13)16;2*1-2/h1-2,4-12H,3H2;2*1-2H3. The molecule has 3 aromatic rings. The molecule has 2 aromatic carbocycles. The molecule has 0 saturated carbocycles. The molecule has 1 heteroatoms. The Morgan fingerprint density at radius 2 is 1.48 bits per heavy atom. The highest BCUT2D eigenvalue weighted by molar-refractivity contribution is 6.06. The van der Waals surface area contributed by atoms with Gasteiger partial charge in [-0.15, -0.1) is 0 Å². The molecule has 0 spiro atoms.